The molecule has 7 heteroatoms. The first-order chi connectivity index (χ1) is 11.2. The van der Waals surface area contributed by atoms with Crippen LogP contribution in [-0.4, -0.2) is 24.5 Å². The van der Waals surface area contributed by atoms with Gasteiger partial charge in [0.05, 0.1) is 0 Å². The van der Waals surface area contributed by atoms with Crippen LogP contribution in [0.3, 0.4) is 0 Å². The zero-order valence-electron chi connectivity index (χ0n) is 13.1. The quantitative estimate of drug-likeness (QED) is 0.629. The van der Waals surface area contributed by atoms with Crippen molar-refractivity contribution in [2.75, 3.05) is 0 Å². The lowest BCUT2D eigenvalue weighted by Crippen LogP contribution is -2.01. The molecule has 0 spiro atoms. The molecule has 23 heavy (non-hydrogen) atoms. The molecular weight excluding hydrogens is 330 g/mol. The molecule has 0 aliphatic rings. The second kappa shape index (κ2) is 7.19. The van der Waals surface area contributed by atoms with Crippen LogP contribution in [-0.2, 0) is 18.8 Å². The summed E-state index contributed by atoms with van der Waals surface area (Å²) in [4.78, 5) is 0. The van der Waals surface area contributed by atoms with E-state index in [1.54, 1.807) is 11.8 Å². The fourth-order valence-electron chi connectivity index (χ4n) is 2.26. The van der Waals surface area contributed by atoms with Gasteiger partial charge in [0.2, 0.25) is 0 Å². The van der Waals surface area contributed by atoms with E-state index >= 15 is 0 Å². The summed E-state index contributed by atoms with van der Waals surface area (Å²) in [5.41, 5.74) is 2.07. The third-order valence-electron chi connectivity index (χ3n) is 3.51. The van der Waals surface area contributed by atoms with Crippen molar-refractivity contribution in [3.8, 4) is 11.5 Å². The maximum atomic E-state index is 5.92. The van der Waals surface area contributed by atoms with Gasteiger partial charge in [-0.05, 0) is 37.6 Å². The molecule has 2 heterocycles. The van der Waals surface area contributed by atoms with Gasteiger partial charge >= 0.3 is 0 Å². The first-order valence-electron chi connectivity index (χ1n) is 7.55. The van der Waals surface area contributed by atoms with Crippen molar-refractivity contribution in [3.63, 3.8) is 0 Å². The molecule has 0 amide bonds. The van der Waals surface area contributed by atoms with Crippen molar-refractivity contribution in [2.45, 2.75) is 37.8 Å². The summed E-state index contributed by atoms with van der Waals surface area (Å²) in [5.74, 6) is 1.65. The predicted molar refractivity (Wildman–Crippen MR) is 93.6 cm³/mol. The summed E-state index contributed by atoms with van der Waals surface area (Å²) in [6.07, 6.45) is 1.96. The molecule has 0 N–H and O–H groups in total. The van der Waals surface area contributed by atoms with Gasteiger partial charge in [0.15, 0.2) is 11.0 Å². The largest absolute Gasteiger partial charge is 0.301 e. The Balaban J connectivity index is 1.79. The molecule has 2 aromatic heterocycles. The molecule has 0 saturated carbocycles. The highest BCUT2D eigenvalue weighted by atomic mass is 35.5. The topological polar surface area (TPSA) is 48.5 Å². The number of nitrogens with zero attached hydrogens (tertiary/aromatic N) is 5. The van der Waals surface area contributed by atoms with E-state index in [0.29, 0.717) is 0 Å². The molecule has 0 bridgehead atoms. The van der Waals surface area contributed by atoms with Crippen LogP contribution >= 0.6 is 23.4 Å². The third kappa shape index (κ3) is 3.59. The minimum absolute atomic E-state index is 0.754. The first-order valence-corrected chi connectivity index (χ1v) is 8.92. The van der Waals surface area contributed by atoms with Crippen molar-refractivity contribution in [3.05, 3.63) is 47.1 Å². The van der Waals surface area contributed by atoms with Crippen LogP contribution in [0.15, 0.2) is 41.7 Å². The molecule has 0 fully saturated rings. The van der Waals surface area contributed by atoms with Crippen molar-refractivity contribution >= 4 is 23.4 Å². The Morgan fingerprint density at radius 2 is 1.83 bits per heavy atom. The van der Waals surface area contributed by atoms with E-state index in [-0.39, 0.29) is 0 Å². The van der Waals surface area contributed by atoms with Gasteiger partial charge in [0.1, 0.15) is 5.69 Å². The normalized spacial score (nSPS) is 11.1. The van der Waals surface area contributed by atoms with Crippen LogP contribution in [0.4, 0.5) is 0 Å². The Bertz CT molecular complexity index is 778. The number of benzene rings is 1. The van der Waals surface area contributed by atoms with Gasteiger partial charge in [-0.2, -0.15) is 5.10 Å². The number of hydrogen-bond donors (Lipinski definition) is 0. The Morgan fingerprint density at radius 3 is 2.48 bits per heavy atom. The summed E-state index contributed by atoms with van der Waals surface area (Å²) in [7, 11) is 0. The Kier molecular flexibility index (Phi) is 5.03. The summed E-state index contributed by atoms with van der Waals surface area (Å²) in [6, 6.07) is 9.86. The lowest BCUT2D eigenvalue weighted by Gasteiger charge is -2.06. The Morgan fingerprint density at radius 1 is 1.04 bits per heavy atom. The van der Waals surface area contributed by atoms with E-state index in [1.165, 1.54) is 5.56 Å². The fourth-order valence-corrected chi connectivity index (χ4v) is 3.34. The van der Waals surface area contributed by atoms with Crippen molar-refractivity contribution in [1.29, 1.82) is 0 Å². The van der Waals surface area contributed by atoms with Crippen molar-refractivity contribution in [2.24, 2.45) is 0 Å². The molecule has 0 aliphatic carbocycles. The highest BCUT2D eigenvalue weighted by molar-refractivity contribution is 7.98. The second-order valence-corrected chi connectivity index (χ2v) is 6.40. The van der Waals surface area contributed by atoms with Crippen LogP contribution in [0.5, 0.6) is 0 Å². The van der Waals surface area contributed by atoms with Crippen LogP contribution in [0.25, 0.3) is 11.5 Å². The van der Waals surface area contributed by atoms with E-state index in [1.807, 2.05) is 41.2 Å². The molecule has 0 atom stereocenters. The van der Waals surface area contributed by atoms with Gasteiger partial charge in [-0.15, -0.1) is 10.2 Å². The molecule has 120 valence electrons. The van der Waals surface area contributed by atoms with Gasteiger partial charge < -0.3 is 4.57 Å². The van der Waals surface area contributed by atoms with Gasteiger partial charge in [-0.1, -0.05) is 35.5 Å². The number of hydrogen-bond acceptors (Lipinski definition) is 4. The minimum atomic E-state index is 0.754. The van der Waals surface area contributed by atoms with E-state index in [9.17, 15) is 0 Å². The molecule has 3 aromatic rings. The molecule has 1 aromatic carbocycles. The SMILES string of the molecule is CCn1ccc(-c2nnc(SCc3ccc(Cl)cc3)n2CC)n1. The zero-order chi connectivity index (χ0) is 16.2. The van der Waals surface area contributed by atoms with Crippen molar-refractivity contribution in [1.82, 2.24) is 24.5 Å². The van der Waals surface area contributed by atoms with Crippen LogP contribution in [0.2, 0.25) is 5.02 Å². The maximum Gasteiger partial charge on any atom is 0.191 e. The Labute approximate surface area is 144 Å². The maximum absolute atomic E-state index is 5.92. The minimum Gasteiger partial charge on any atom is -0.301 e. The van der Waals surface area contributed by atoms with Crippen molar-refractivity contribution < 1.29 is 0 Å². The molecule has 5 nitrogen and oxygen atoms in total. The standard InChI is InChI=1S/C16H18ClN5S/c1-3-21-10-9-14(20-21)15-18-19-16(22(15)4-2)23-11-12-5-7-13(17)8-6-12/h5-10H,3-4,11H2,1-2H3. The lowest BCUT2D eigenvalue weighted by atomic mass is 10.2. The summed E-state index contributed by atoms with van der Waals surface area (Å²) >= 11 is 7.59. The fraction of sp³-hybridized carbons (Fsp3) is 0.312. The van der Waals surface area contributed by atoms with Gasteiger partial charge in [0.25, 0.3) is 0 Å². The number of thioether (sulfide) groups is 1. The van der Waals surface area contributed by atoms with E-state index in [4.69, 9.17) is 11.6 Å². The number of rotatable bonds is 6. The molecular formula is C16H18ClN5S. The smallest absolute Gasteiger partial charge is 0.191 e. The van der Waals surface area contributed by atoms with Crippen LogP contribution in [0.1, 0.15) is 19.4 Å². The summed E-state index contributed by atoms with van der Waals surface area (Å²) in [5, 5.41) is 14.8. The highest BCUT2D eigenvalue weighted by Crippen LogP contribution is 2.26. The zero-order valence-corrected chi connectivity index (χ0v) is 14.7. The number of aryl methyl sites for hydroxylation is 1. The summed E-state index contributed by atoms with van der Waals surface area (Å²) in [6.45, 7) is 5.81. The third-order valence-corrected chi connectivity index (χ3v) is 4.80. The molecule has 3 rings (SSSR count). The predicted octanol–water partition coefficient (Wildman–Crippen LogP) is 4.13. The molecule has 0 aliphatic heterocycles. The van der Waals surface area contributed by atoms with E-state index < -0.39 is 0 Å². The average Bonchev–Trinajstić information content (AvgIpc) is 3.20. The van der Waals surface area contributed by atoms with Crippen LogP contribution < -0.4 is 0 Å². The number of halogens is 1. The molecule has 0 radical (unpaired) electrons. The molecule has 0 saturated heterocycles. The number of aromatic nitrogens is 5. The Hall–Kier alpha value is -1.79. The average molecular weight is 348 g/mol. The van der Waals surface area contributed by atoms with E-state index in [2.05, 4.69) is 33.7 Å². The monoisotopic (exact) mass is 347 g/mol. The van der Waals surface area contributed by atoms with Gasteiger partial charge in [0, 0.05) is 30.1 Å². The van der Waals surface area contributed by atoms with Gasteiger partial charge in [-0.25, -0.2) is 0 Å². The first kappa shape index (κ1) is 16.1. The molecule has 0 unspecified atom stereocenters. The van der Waals surface area contributed by atoms with Crippen LogP contribution in [0, 0.1) is 0 Å². The lowest BCUT2D eigenvalue weighted by molar-refractivity contribution is 0.653. The second-order valence-electron chi connectivity index (χ2n) is 5.02. The van der Waals surface area contributed by atoms with Gasteiger partial charge in [-0.3, -0.25) is 4.68 Å². The summed E-state index contributed by atoms with van der Waals surface area (Å²) < 4.78 is 3.99. The highest BCUT2D eigenvalue weighted by Gasteiger charge is 2.15. The van der Waals surface area contributed by atoms with E-state index in [0.717, 1.165) is 40.5 Å².